The van der Waals surface area contributed by atoms with Crippen molar-refractivity contribution in [3.05, 3.63) is 16.4 Å². The van der Waals surface area contributed by atoms with Crippen LogP contribution < -0.4 is 0 Å². The van der Waals surface area contributed by atoms with Gasteiger partial charge in [-0.3, -0.25) is 0 Å². The Hall–Kier alpha value is -0.940. The molecule has 1 fully saturated rings. The van der Waals surface area contributed by atoms with Crippen molar-refractivity contribution in [3.8, 4) is 0 Å². The van der Waals surface area contributed by atoms with E-state index in [4.69, 9.17) is 0 Å². The maximum atomic E-state index is 9.35. The third-order valence-electron chi connectivity index (χ3n) is 4.18. The molecule has 2 aromatic heterocycles. The zero-order chi connectivity index (χ0) is 13.2. The van der Waals surface area contributed by atoms with Crippen LogP contribution in [0.4, 0.5) is 0 Å². The summed E-state index contributed by atoms with van der Waals surface area (Å²) in [5, 5.41) is 15.1. The summed E-state index contributed by atoms with van der Waals surface area (Å²) < 4.78 is 1.82. The Bertz CT molecular complexity index is 554. The molecule has 0 spiro atoms. The van der Waals surface area contributed by atoms with Gasteiger partial charge in [0.15, 0.2) is 0 Å². The maximum Gasteiger partial charge on any atom is 0.212 e. The molecule has 2 aromatic rings. The zero-order valence-electron chi connectivity index (χ0n) is 11.4. The minimum Gasteiger partial charge on any atom is -0.390 e. The molecule has 104 valence electrons. The van der Waals surface area contributed by atoms with Gasteiger partial charge in [0.1, 0.15) is 5.01 Å². The fraction of sp³-hybridized carbons (Fsp3) is 0.714. The molecule has 19 heavy (non-hydrogen) atoms. The van der Waals surface area contributed by atoms with Crippen LogP contribution in [0, 0.1) is 12.8 Å². The van der Waals surface area contributed by atoms with Crippen LogP contribution in [0.5, 0.6) is 0 Å². The average molecular weight is 279 g/mol. The van der Waals surface area contributed by atoms with Gasteiger partial charge in [-0.15, -0.1) is 0 Å². The third kappa shape index (κ3) is 2.67. The fourth-order valence-corrected chi connectivity index (χ4v) is 3.99. The van der Waals surface area contributed by atoms with Crippen LogP contribution in [0.15, 0.2) is 0 Å². The lowest BCUT2D eigenvalue weighted by atomic mass is 9.86. The van der Waals surface area contributed by atoms with Gasteiger partial charge in [0.25, 0.3) is 0 Å². The van der Waals surface area contributed by atoms with Crippen LogP contribution in [0.25, 0.3) is 4.96 Å². The molecule has 0 aromatic carbocycles. The van der Waals surface area contributed by atoms with Gasteiger partial charge >= 0.3 is 0 Å². The molecule has 1 N–H and O–H groups in total. The van der Waals surface area contributed by atoms with Crippen molar-refractivity contribution in [2.45, 2.75) is 58.5 Å². The summed E-state index contributed by atoms with van der Waals surface area (Å²) in [7, 11) is 0. The summed E-state index contributed by atoms with van der Waals surface area (Å²) in [5.74, 6) is 0.893. The van der Waals surface area contributed by atoms with E-state index >= 15 is 0 Å². The van der Waals surface area contributed by atoms with E-state index < -0.39 is 0 Å². The lowest BCUT2D eigenvalue weighted by molar-refractivity contribution is 0.273. The van der Waals surface area contributed by atoms with Gasteiger partial charge in [-0.2, -0.15) is 5.10 Å². The standard InChI is InChI=1S/C14H21N3OS/c1-10-12(9-18)17-14(15-10)19-13(16-17)8-7-11-5-3-2-4-6-11/h11,18H,2-9H2,1H3. The smallest absolute Gasteiger partial charge is 0.212 e. The number of fused-ring (bicyclic) bond motifs is 1. The summed E-state index contributed by atoms with van der Waals surface area (Å²) in [5.41, 5.74) is 1.72. The van der Waals surface area contributed by atoms with Gasteiger partial charge in [-0.25, -0.2) is 9.50 Å². The molecule has 0 unspecified atom stereocenters. The monoisotopic (exact) mass is 279 g/mol. The molecule has 3 rings (SSSR count). The lowest BCUT2D eigenvalue weighted by Crippen LogP contribution is -2.07. The van der Waals surface area contributed by atoms with Gasteiger partial charge in [-0.1, -0.05) is 43.4 Å². The van der Waals surface area contributed by atoms with Crippen LogP contribution in [0.1, 0.15) is 54.9 Å². The number of rotatable bonds is 4. The van der Waals surface area contributed by atoms with Crippen molar-refractivity contribution in [1.29, 1.82) is 0 Å². The SMILES string of the molecule is Cc1nc2sc(CCC3CCCCC3)nn2c1CO. The molecule has 0 atom stereocenters. The Kier molecular flexibility index (Phi) is 3.84. The van der Waals surface area contributed by atoms with Crippen molar-refractivity contribution in [2.24, 2.45) is 5.92 Å². The highest BCUT2D eigenvalue weighted by Gasteiger charge is 2.16. The Labute approximate surface area is 117 Å². The van der Waals surface area contributed by atoms with Crippen LogP contribution in [-0.2, 0) is 13.0 Å². The number of hydrogen-bond acceptors (Lipinski definition) is 4. The molecule has 0 radical (unpaired) electrons. The highest BCUT2D eigenvalue weighted by atomic mass is 32.1. The largest absolute Gasteiger partial charge is 0.390 e. The summed E-state index contributed by atoms with van der Waals surface area (Å²) in [6.45, 7) is 1.94. The van der Waals surface area contributed by atoms with Gasteiger partial charge in [0.2, 0.25) is 4.96 Å². The Balaban J connectivity index is 1.69. The molecular formula is C14H21N3OS. The molecule has 4 nitrogen and oxygen atoms in total. The number of aliphatic hydroxyl groups is 1. The first-order chi connectivity index (χ1) is 9.28. The van der Waals surface area contributed by atoms with E-state index in [2.05, 4.69) is 10.1 Å². The normalized spacial score (nSPS) is 17.4. The topological polar surface area (TPSA) is 50.4 Å². The Morgan fingerprint density at radius 3 is 2.84 bits per heavy atom. The zero-order valence-corrected chi connectivity index (χ0v) is 12.2. The molecule has 1 aliphatic rings. The van der Waals surface area contributed by atoms with E-state index in [0.717, 1.165) is 33.7 Å². The van der Waals surface area contributed by atoms with Crippen LogP contribution >= 0.6 is 11.3 Å². The number of aryl methyl sites for hydroxylation is 2. The van der Waals surface area contributed by atoms with Crippen LogP contribution in [0.2, 0.25) is 0 Å². The van der Waals surface area contributed by atoms with Gasteiger partial charge in [0.05, 0.1) is 18.0 Å². The second-order valence-electron chi connectivity index (χ2n) is 5.53. The fourth-order valence-electron chi connectivity index (χ4n) is 3.02. The summed E-state index contributed by atoms with van der Waals surface area (Å²) in [4.78, 5) is 5.38. The van der Waals surface area contributed by atoms with Crippen molar-refractivity contribution in [1.82, 2.24) is 14.6 Å². The van der Waals surface area contributed by atoms with E-state index in [1.807, 2.05) is 11.4 Å². The molecule has 1 saturated carbocycles. The van der Waals surface area contributed by atoms with Crippen molar-refractivity contribution >= 4 is 16.3 Å². The lowest BCUT2D eigenvalue weighted by Gasteiger charge is -2.20. The number of aliphatic hydroxyl groups excluding tert-OH is 1. The van der Waals surface area contributed by atoms with Crippen molar-refractivity contribution in [3.63, 3.8) is 0 Å². The second kappa shape index (κ2) is 5.59. The molecular weight excluding hydrogens is 258 g/mol. The Morgan fingerprint density at radius 2 is 2.11 bits per heavy atom. The van der Waals surface area contributed by atoms with E-state index in [-0.39, 0.29) is 6.61 Å². The second-order valence-corrected chi connectivity index (χ2v) is 6.58. The molecule has 1 aliphatic carbocycles. The first kappa shape index (κ1) is 13.1. The molecule has 0 amide bonds. The number of aromatic nitrogens is 3. The van der Waals surface area contributed by atoms with Crippen molar-refractivity contribution in [2.75, 3.05) is 0 Å². The highest BCUT2D eigenvalue weighted by molar-refractivity contribution is 7.16. The number of hydrogen-bond donors (Lipinski definition) is 1. The van der Waals surface area contributed by atoms with Crippen LogP contribution in [-0.4, -0.2) is 19.7 Å². The predicted octanol–water partition coefficient (Wildman–Crippen LogP) is 3.10. The predicted molar refractivity (Wildman–Crippen MR) is 76.4 cm³/mol. The minimum atomic E-state index is 0.0127. The maximum absolute atomic E-state index is 9.35. The van der Waals surface area contributed by atoms with Gasteiger partial charge in [-0.05, 0) is 19.3 Å². The van der Waals surface area contributed by atoms with E-state index in [1.165, 1.54) is 38.5 Å². The minimum absolute atomic E-state index is 0.0127. The molecule has 0 saturated heterocycles. The quantitative estimate of drug-likeness (QED) is 0.935. The molecule has 2 heterocycles. The summed E-state index contributed by atoms with van der Waals surface area (Å²) >= 11 is 1.67. The summed E-state index contributed by atoms with van der Waals surface area (Å²) in [6, 6.07) is 0. The molecule has 5 heteroatoms. The van der Waals surface area contributed by atoms with E-state index in [1.54, 1.807) is 11.3 Å². The van der Waals surface area contributed by atoms with Gasteiger partial charge < -0.3 is 5.11 Å². The highest BCUT2D eigenvalue weighted by Crippen LogP contribution is 2.28. The van der Waals surface area contributed by atoms with Crippen molar-refractivity contribution < 1.29 is 5.11 Å². The Morgan fingerprint density at radius 1 is 1.32 bits per heavy atom. The first-order valence-corrected chi connectivity index (χ1v) is 8.04. The third-order valence-corrected chi connectivity index (χ3v) is 5.15. The number of imidazole rings is 1. The first-order valence-electron chi connectivity index (χ1n) is 7.22. The molecule has 0 bridgehead atoms. The summed E-state index contributed by atoms with van der Waals surface area (Å²) in [6.07, 6.45) is 9.32. The number of nitrogens with zero attached hydrogens (tertiary/aromatic N) is 3. The van der Waals surface area contributed by atoms with Crippen LogP contribution in [0.3, 0.4) is 0 Å². The van der Waals surface area contributed by atoms with E-state index in [9.17, 15) is 5.11 Å². The van der Waals surface area contributed by atoms with Gasteiger partial charge in [0, 0.05) is 6.42 Å². The molecule has 0 aliphatic heterocycles. The average Bonchev–Trinajstić information content (AvgIpc) is 2.93. The van der Waals surface area contributed by atoms with E-state index in [0.29, 0.717) is 0 Å².